The molecule has 0 spiro atoms. The number of hydrogen-bond donors (Lipinski definition) is 2. The Morgan fingerprint density at radius 2 is 2.00 bits per heavy atom. The van der Waals surface area contributed by atoms with Crippen LogP contribution in [0.1, 0.15) is 48.6 Å². The summed E-state index contributed by atoms with van der Waals surface area (Å²) in [5.74, 6) is -4.61. The van der Waals surface area contributed by atoms with Gasteiger partial charge >= 0.3 is 11.8 Å². The average Bonchev–Trinajstić information content (AvgIpc) is 2.77. The van der Waals surface area contributed by atoms with Gasteiger partial charge in [0.05, 0.1) is 30.3 Å². The van der Waals surface area contributed by atoms with Crippen LogP contribution in [0, 0.1) is 11.7 Å². The summed E-state index contributed by atoms with van der Waals surface area (Å²) in [6, 6.07) is -4.40. The van der Waals surface area contributed by atoms with Crippen LogP contribution in [0.5, 0.6) is 0 Å². The van der Waals surface area contributed by atoms with Crippen molar-refractivity contribution in [1.29, 1.82) is 0 Å². The van der Waals surface area contributed by atoms with Crippen LogP contribution in [0.4, 0.5) is 10.1 Å². The van der Waals surface area contributed by atoms with Crippen LogP contribution in [0.3, 0.4) is 0 Å². The molecule has 0 radical (unpaired) electrons. The zero-order chi connectivity index (χ0) is 24.7. The third-order valence-corrected chi connectivity index (χ3v) is 4.30. The van der Waals surface area contributed by atoms with Gasteiger partial charge in [0.15, 0.2) is 0 Å². The summed E-state index contributed by atoms with van der Waals surface area (Å²) in [6.07, 6.45) is 2.68. The minimum absolute atomic E-state index is 0.00311. The Labute approximate surface area is 168 Å². The molecule has 146 valence electrons. The number of primary amides is 1. The molecular weight excluding hydrogens is 363 g/mol. The van der Waals surface area contributed by atoms with Crippen molar-refractivity contribution in [2.24, 2.45) is 11.7 Å². The first-order valence-electron chi connectivity index (χ1n) is 11.0. The molecule has 0 aliphatic carbocycles. The van der Waals surface area contributed by atoms with Gasteiger partial charge < -0.3 is 16.0 Å². The van der Waals surface area contributed by atoms with E-state index in [2.05, 4.69) is 10.3 Å². The molecule has 0 unspecified atom stereocenters. The molecule has 3 amide bonds. The summed E-state index contributed by atoms with van der Waals surface area (Å²) in [7, 11) is 0. The Hall–Kier alpha value is -3.29. The zero-order valence-corrected chi connectivity index (χ0v) is 15.0. The molecular formula is C20H21FN4O3. The van der Waals surface area contributed by atoms with E-state index in [4.69, 9.17) is 12.6 Å². The van der Waals surface area contributed by atoms with Gasteiger partial charge in [0.2, 0.25) is 5.91 Å². The largest absolute Gasteiger partial charge is 0.366 e. The normalized spacial score (nSPS) is 24.3. The number of halogens is 1. The predicted molar refractivity (Wildman–Crippen MR) is 101 cm³/mol. The number of nitrogens with one attached hydrogen (secondary N) is 1. The fourth-order valence-electron chi connectivity index (χ4n) is 2.89. The Balaban J connectivity index is 2.01. The van der Waals surface area contributed by atoms with Crippen molar-refractivity contribution in [3.05, 3.63) is 59.6 Å². The molecule has 2 heterocycles. The second-order valence-corrected chi connectivity index (χ2v) is 6.48. The van der Waals surface area contributed by atoms with E-state index in [1.807, 2.05) is 0 Å². The molecule has 1 aromatic heterocycles. The summed E-state index contributed by atoms with van der Waals surface area (Å²) < 4.78 is 54.8. The summed E-state index contributed by atoms with van der Waals surface area (Å²) in [5, 5.41) is 2.29. The van der Waals surface area contributed by atoms with Crippen molar-refractivity contribution in [1.82, 2.24) is 9.88 Å². The van der Waals surface area contributed by atoms with Gasteiger partial charge in [0, 0.05) is 12.7 Å². The predicted octanol–water partition coefficient (Wildman–Crippen LogP) is 2.26. The molecule has 0 saturated carbocycles. The highest BCUT2D eigenvalue weighted by atomic mass is 19.1. The molecule has 0 bridgehead atoms. The number of benzene rings is 1. The molecule has 3 N–H and O–H groups in total. The molecule has 8 heteroatoms. The summed E-state index contributed by atoms with van der Waals surface area (Å²) >= 11 is 0. The topological polar surface area (TPSA) is 105 Å². The number of likely N-dealkylation sites (tertiary alicyclic amines) is 1. The first-order valence-corrected chi connectivity index (χ1v) is 8.52. The number of nitrogens with zero attached hydrogens (tertiary/aromatic N) is 2. The highest BCUT2D eigenvalue weighted by Crippen LogP contribution is 2.33. The van der Waals surface area contributed by atoms with Gasteiger partial charge in [0.1, 0.15) is 5.82 Å². The fourth-order valence-corrected chi connectivity index (χ4v) is 2.89. The molecule has 1 aliphatic heterocycles. The third-order valence-electron chi connectivity index (χ3n) is 4.30. The van der Waals surface area contributed by atoms with Crippen LogP contribution in [0.2, 0.25) is 0 Å². The Morgan fingerprint density at radius 3 is 2.68 bits per heavy atom. The maximum atomic E-state index is 14.0. The summed E-state index contributed by atoms with van der Waals surface area (Å²) in [6.45, 7) is 1.71. The van der Waals surface area contributed by atoms with Crippen molar-refractivity contribution in [2.45, 2.75) is 25.8 Å². The van der Waals surface area contributed by atoms with Gasteiger partial charge in [-0.2, -0.15) is 0 Å². The second kappa shape index (κ2) is 8.16. The zero-order valence-electron chi connectivity index (χ0n) is 20.0. The SMILES string of the molecule is [2H]c1c([2H])c([C@@]2([2H])CC[C@H](C)CN2C(=O)C(=O)Nc2cncc(C(N)=O)c2)c([2H])c([2H])c1F. The minimum Gasteiger partial charge on any atom is -0.366 e. The highest BCUT2D eigenvalue weighted by molar-refractivity contribution is 6.39. The van der Waals surface area contributed by atoms with Crippen molar-refractivity contribution < 1.29 is 25.6 Å². The number of aromatic nitrogens is 1. The number of carbonyl (C=O) groups is 3. The lowest BCUT2D eigenvalue weighted by Gasteiger charge is -2.38. The standard InChI is InChI=1S/C20H21FN4O3/c1-12-2-7-17(13-3-5-15(21)6-4-13)25(11-12)20(28)19(27)24-16-8-14(18(22)26)9-23-10-16/h3-6,8-10,12,17H,2,7,11H2,1H3,(H2,22,26)(H,24,27)/t12-,17+/m0/s1/i3D,4D,5D,6D,17D. The smallest absolute Gasteiger partial charge is 0.313 e. The average molecular weight is 389 g/mol. The number of piperidine rings is 1. The van der Waals surface area contributed by atoms with Gasteiger partial charge in [-0.05, 0) is 42.5 Å². The molecule has 28 heavy (non-hydrogen) atoms. The molecule has 1 saturated heterocycles. The minimum atomic E-state index is -2.14. The van der Waals surface area contributed by atoms with Crippen molar-refractivity contribution in [2.75, 3.05) is 11.9 Å². The van der Waals surface area contributed by atoms with Gasteiger partial charge in [-0.3, -0.25) is 19.4 Å². The van der Waals surface area contributed by atoms with E-state index in [-0.39, 0.29) is 30.1 Å². The number of nitrogens with two attached hydrogens (primary N) is 1. The molecule has 1 fully saturated rings. The van der Waals surface area contributed by atoms with E-state index in [0.29, 0.717) is 6.42 Å². The van der Waals surface area contributed by atoms with E-state index in [0.717, 1.165) is 4.90 Å². The Kier molecular flexibility index (Phi) is 4.03. The lowest BCUT2D eigenvalue weighted by Crippen LogP contribution is -2.46. The Morgan fingerprint density at radius 1 is 1.29 bits per heavy atom. The lowest BCUT2D eigenvalue weighted by atomic mass is 9.90. The van der Waals surface area contributed by atoms with Crippen molar-refractivity contribution in [3.63, 3.8) is 0 Å². The van der Waals surface area contributed by atoms with Gasteiger partial charge in [0.25, 0.3) is 0 Å². The number of rotatable bonds is 3. The van der Waals surface area contributed by atoms with Gasteiger partial charge in [-0.25, -0.2) is 4.39 Å². The second-order valence-electron chi connectivity index (χ2n) is 6.48. The highest BCUT2D eigenvalue weighted by Gasteiger charge is 2.34. The van der Waals surface area contributed by atoms with E-state index in [1.54, 1.807) is 6.92 Å². The van der Waals surface area contributed by atoms with E-state index >= 15 is 0 Å². The maximum Gasteiger partial charge on any atom is 0.313 e. The van der Waals surface area contributed by atoms with Crippen LogP contribution >= 0.6 is 0 Å². The summed E-state index contributed by atoms with van der Waals surface area (Å²) in [4.78, 5) is 41.8. The molecule has 1 aromatic carbocycles. The molecule has 7 nitrogen and oxygen atoms in total. The molecule has 2 aromatic rings. The number of amides is 3. The maximum absolute atomic E-state index is 14.0. The fraction of sp³-hybridized carbons (Fsp3) is 0.300. The van der Waals surface area contributed by atoms with Crippen LogP contribution < -0.4 is 11.1 Å². The van der Waals surface area contributed by atoms with Crippen LogP contribution in [-0.4, -0.2) is 34.2 Å². The summed E-state index contributed by atoms with van der Waals surface area (Å²) in [5.41, 5.74) is 4.71. The first-order chi connectivity index (χ1) is 15.4. The number of pyridine rings is 1. The van der Waals surface area contributed by atoms with Crippen molar-refractivity contribution in [3.8, 4) is 0 Å². The number of carbonyl (C=O) groups excluding carboxylic acids is 3. The van der Waals surface area contributed by atoms with Gasteiger partial charge in [-0.15, -0.1) is 0 Å². The molecule has 1 aliphatic rings. The van der Waals surface area contributed by atoms with Crippen molar-refractivity contribution >= 4 is 23.4 Å². The van der Waals surface area contributed by atoms with Crippen LogP contribution in [-0.2, 0) is 9.59 Å². The van der Waals surface area contributed by atoms with Gasteiger partial charge in [-0.1, -0.05) is 19.0 Å². The van der Waals surface area contributed by atoms with Crippen LogP contribution in [0.15, 0.2) is 42.6 Å². The number of anilines is 1. The van der Waals surface area contributed by atoms with Crippen LogP contribution in [0.25, 0.3) is 0 Å². The first kappa shape index (κ1) is 13.8. The quantitative estimate of drug-likeness (QED) is 0.786. The lowest BCUT2D eigenvalue weighted by molar-refractivity contribution is -0.146. The third kappa shape index (κ3) is 4.33. The van der Waals surface area contributed by atoms with E-state index in [9.17, 15) is 18.8 Å². The molecule has 2 atom stereocenters. The monoisotopic (exact) mass is 389 g/mol. The van der Waals surface area contributed by atoms with E-state index in [1.165, 1.54) is 18.5 Å². The Bertz CT molecular complexity index is 1140. The number of hydrogen-bond acceptors (Lipinski definition) is 4. The molecule has 3 rings (SSSR count). The van der Waals surface area contributed by atoms with E-state index < -0.39 is 59.3 Å².